The molecule has 0 spiro atoms. The van der Waals surface area contributed by atoms with Crippen molar-refractivity contribution in [2.75, 3.05) is 0 Å². The molecule has 0 unspecified atom stereocenters. The van der Waals surface area contributed by atoms with Crippen LogP contribution in [0.15, 0.2) is 24.3 Å². The van der Waals surface area contributed by atoms with Gasteiger partial charge in [-0.3, -0.25) is 0 Å². The first-order valence-corrected chi connectivity index (χ1v) is 6.69. The zero-order valence-corrected chi connectivity index (χ0v) is 11.3. The molecule has 0 bridgehead atoms. The van der Waals surface area contributed by atoms with Crippen molar-refractivity contribution in [2.45, 2.75) is 45.2 Å². The number of benzene rings is 1. The quantitative estimate of drug-likeness (QED) is 0.801. The van der Waals surface area contributed by atoms with Gasteiger partial charge in [-0.2, -0.15) is 0 Å². The van der Waals surface area contributed by atoms with Gasteiger partial charge in [-0.25, -0.2) is 0 Å². The van der Waals surface area contributed by atoms with Crippen LogP contribution in [0.2, 0.25) is 0 Å². The van der Waals surface area contributed by atoms with Gasteiger partial charge >= 0.3 is 0 Å². The lowest BCUT2D eigenvalue weighted by Crippen LogP contribution is -2.36. The van der Waals surface area contributed by atoms with Gasteiger partial charge in [0.2, 0.25) is 0 Å². The molecule has 2 rings (SSSR count). The molecule has 1 aromatic rings. The van der Waals surface area contributed by atoms with Gasteiger partial charge in [0.25, 0.3) is 0 Å². The van der Waals surface area contributed by atoms with Gasteiger partial charge in [0.05, 0.1) is 0 Å². The number of nitrogens with one attached hydrogen (secondary N) is 2. The molecule has 92 valence electrons. The second-order valence-electron chi connectivity index (χ2n) is 5.00. The highest BCUT2D eigenvalue weighted by Crippen LogP contribution is 2.18. The topological polar surface area (TPSA) is 24.1 Å². The Morgan fingerprint density at radius 1 is 1.29 bits per heavy atom. The molecule has 3 heteroatoms. The summed E-state index contributed by atoms with van der Waals surface area (Å²) in [5, 5.41) is 7.29. The molecule has 1 aliphatic carbocycles. The molecule has 0 heterocycles. The van der Waals surface area contributed by atoms with Crippen molar-refractivity contribution in [1.82, 2.24) is 10.6 Å². The standard InChI is InChI=1S/C14H20N2S/c1-10(2)12-5-3-11(4-6-12)9-15-14(17)16-13-7-8-13/h3-6,10,13H,7-9H2,1-2H3,(H2,15,16,17). The Kier molecular flexibility index (Phi) is 4.00. The van der Waals surface area contributed by atoms with Crippen LogP contribution in [0.5, 0.6) is 0 Å². The summed E-state index contributed by atoms with van der Waals surface area (Å²) in [7, 11) is 0. The van der Waals surface area contributed by atoms with E-state index in [1.807, 2.05) is 0 Å². The van der Waals surface area contributed by atoms with Gasteiger partial charge in [0.1, 0.15) is 0 Å². The summed E-state index contributed by atoms with van der Waals surface area (Å²) in [6.07, 6.45) is 2.51. The monoisotopic (exact) mass is 248 g/mol. The first kappa shape index (κ1) is 12.4. The van der Waals surface area contributed by atoms with Crippen LogP contribution >= 0.6 is 12.2 Å². The van der Waals surface area contributed by atoms with Crippen LogP contribution in [0.1, 0.15) is 43.7 Å². The van der Waals surface area contributed by atoms with Gasteiger partial charge in [0, 0.05) is 12.6 Å². The second kappa shape index (κ2) is 5.50. The van der Waals surface area contributed by atoms with Crippen molar-refractivity contribution in [3.63, 3.8) is 0 Å². The predicted molar refractivity (Wildman–Crippen MR) is 76.1 cm³/mol. The van der Waals surface area contributed by atoms with E-state index in [0.29, 0.717) is 12.0 Å². The van der Waals surface area contributed by atoms with E-state index in [9.17, 15) is 0 Å². The molecule has 0 aromatic heterocycles. The van der Waals surface area contributed by atoms with Crippen molar-refractivity contribution >= 4 is 17.3 Å². The van der Waals surface area contributed by atoms with Crippen LogP contribution in [0.25, 0.3) is 0 Å². The van der Waals surface area contributed by atoms with Gasteiger partial charge < -0.3 is 10.6 Å². The molecule has 1 aromatic carbocycles. The first-order chi connectivity index (χ1) is 8.15. The van der Waals surface area contributed by atoms with E-state index >= 15 is 0 Å². The molecule has 0 radical (unpaired) electrons. The molecule has 1 aliphatic rings. The summed E-state index contributed by atoms with van der Waals surface area (Å²) in [6, 6.07) is 9.35. The molecule has 17 heavy (non-hydrogen) atoms. The molecule has 2 N–H and O–H groups in total. The Balaban J connectivity index is 1.79. The maximum absolute atomic E-state index is 5.21. The molecule has 2 nitrogen and oxygen atoms in total. The highest BCUT2D eigenvalue weighted by molar-refractivity contribution is 7.80. The summed E-state index contributed by atoms with van der Waals surface area (Å²) in [4.78, 5) is 0. The molecular formula is C14H20N2S. The van der Waals surface area contributed by atoms with E-state index in [-0.39, 0.29) is 0 Å². The fourth-order valence-corrected chi connectivity index (χ4v) is 1.91. The summed E-state index contributed by atoms with van der Waals surface area (Å²) < 4.78 is 0. The Hall–Kier alpha value is -1.09. The van der Waals surface area contributed by atoms with E-state index in [0.717, 1.165) is 11.7 Å². The summed E-state index contributed by atoms with van der Waals surface area (Å²) >= 11 is 5.21. The highest BCUT2D eigenvalue weighted by atomic mass is 32.1. The second-order valence-corrected chi connectivity index (χ2v) is 5.41. The summed E-state index contributed by atoms with van der Waals surface area (Å²) in [5.74, 6) is 0.592. The Bertz CT molecular complexity index is 380. The van der Waals surface area contributed by atoms with Crippen LogP contribution in [0, 0.1) is 0 Å². The fraction of sp³-hybridized carbons (Fsp3) is 0.500. The maximum atomic E-state index is 5.21. The van der Waals surface area contributed by atoms with Crippen LogP contribution < -0.4 is 10.6 Å². The average Bonchev–Trinajstić information content (AvgIpc) is 3.11. The van der Waals surface area contributed by atoms with Crippen LogP contribution in [-0.2, 0) is 6.54 Å². The molecule has 0 saturated heterocycles. The predicted octanol–water partition coefficient (Wildman–Crippen LogP) is 2.94. The molecule has 0 aliphatic heterocycles. The normalized spacial score (nSPS) is 14.8. The molecule has 0 atom stereocenters. The third-order valence-corrected chi connectivity index (χ3v) is 3.27. The van der Waals surface area contributed by atoms with Crippen LogP contribution in [-0.4, -0.2) is 11.2 Å². The van der Waals surface area contributed by atoms with Crippen molar-refractivity contribution in [3.05, 3.63) is 35.4 Å². The molecule has 0 amide bonds. The Morgan fingerprint density at radius 2 is 1.94 bits per heavy atom. The molecule has 1 fully saturated rings. The summed E-state index contributed by atoms with van der Waals surface area (Å²) in [6.45, 7) is 5.22. The Morgan fingerprint density at radius 3 is 2.47 bits per heavy atom. The zero-order chi connectivity index (χ0) is 12.3. The highest BCUT2D eigenvalue weighted by Gasteiger charge is 2.21. The number of rotatable bonds is 4. The van der Waals surface area contributed by atoms with E-state index in [1.54, 1.807) is 0 Å². The van der Waals surface area contributed by atoms with Crippen molar-refractivity contribution in [2.24, 2.45) is 0 Å². The van der Waals surface area contributed by atoms with Gasteiger partial charge in [-0.1, -0.05) is 38.1 Å². The van der Waals surface area contributed by atoms with E-state index in [4.69, 9.17) is 12.2 Å². The minimum atomic E-state index is 0.592. The lowest BCUT2D eigenvalue weighted by Gasteiger charge is -2.10. The third-order valence-electron chi connectivity index (χ3n) is 3.01. The number of thiocarbonyl (C=S) groups is 1. The molecule has 1 saturated carbocycles. The van der Waals surface area contributed by atoms with E-state index in [1.165, 1.54) is 24.0 Å². The van der Waals surface area contributed by atoms with E-state index < -0.39 is 0 Å². The van der Waals surface area contributed by atoms with Gasteiger partial charge in [0.15, 0.2) is 5.11 Å². The van der Waals surface area contributed by atoms with Crippen molar-refractivity contribution in [1.29, 1.82) is 0 Å². The smallest absolute Gasteiger partial charge is 0.166 e. The SMILES string of the molecule is CC(C)c1ccc(CNC(=S)NC2CC2)cc1. The number of hydrogen-bond donors (Lipinski definition) is 2. The lowest BCUT2D eigenvalue weighted by molar-refractivity contribution is 0.825. The minimum Gasteiger partial charge on any atom is -0.360 e. The lowest BCUT2D eigenvalue weighted by atomic mass is 10.0. The largest absolute Gasteiger partial charge is 0.360 e. The average molecular weight is 248 g/mol. The van der Waals surface area contributed by atoms with Gasteiger partial charge in [-0.15, -0.1) is 0 Å². The van der Waals surface area contributed by atoms with Crippen molar-refractivity contribution < 1.29 is 0 Å². The summed E-state index contributed by atoms with van der Waals surface area (Å²) in [5.41, 5.74) is 2.65. The number of hydrogen-bond acceptors (Lipinski definition) is 1. The minimum absolute atomic E-state index is 0.592. The Labute approximate surface area is 109 Å². The third kappa shape index (κ3) is 4.00. The maximum Gasteiger partial charge on any atom is 0.166 e. The van der Waals surface area contributed by atoms with Crippen LogP contribution in [0.4, 0.5) is 0 Å². The van der Waals surface area contributed by atoms with E-state index in [2.05, 4.69) is 48.7 Å². The fourth-order valence-electron chi connectivity index (χ4n) is 1.67. The zero-order valence-electron chi connectivity index (χ0n) is 10.5. The van der Waals surface area contributed by atoms with Crippen LogP contribution in [0.3, 0.4) is 0 Å². The van der Waals surface area contributed by atoms with Crippen molar-refractivity contribution in [3.8, 4) is 0 Å². The van der Waals surface area contributed by atoms with Gasteiger partial charge in [-0.05, 0) is 42.1 Å². The first-order valence-electron chi connectivity index (χ1n) is 6.28. The molecular weight excluding hydrogens is 228 g/mol.